The van der Waals surface area contributed by atoms with Crippen LogP contribution in [0.25, 0.3) is 55.2 Å². The second-order valence-electron chi connectivity index (χ2n) is 29.8. The molecule has 5 aliphatic carbocycles. The van der Waals surface area contributed by atoms with E-state index in [-0.39, 0.29) is 28.9 Å². The summed E-state index contributed by atoms with van der Waals surface area (Å²) in [4.78, 5) is 102. The molecule has 10 aromatic rings. The molecule has 10 heterocycles. The van der Waals surface area contributed by atoms with E-state index in [9.17, 15) is 24.0 Å². The van der Waals surface area contributed by atoms with E-state index in [0.29, 0.717) is 40.3 Å². The molecule has 0 atom stereocenters. The van der Waals surface area contributed by atoms with Gasteiger partial charge in [-0.1, -0.05) is 96.3 Å². The summed E-state index contributed by atoms with van der Waals surface area (Å²) in [5.41, 5.74) is 12.2. The molecule has 0 radical (unpaired) electrons. The molecule has 0 amide bonds. The lowest BCUT2D eigenvalue weighted by atomic mass is 9.89. The third-order valence-corrected chi connectivity index (χ3v) is 21.9. The minimum absolute atomic E-state index is 0.00248. The number of fused-ring (bicyclic) bond motifs is 5. The summed E-state index contributed by atoms with van der Waals surface area (Å²) in [5.74, 6) is 8.48. The van der Waals surface area contributed by atoms with Gasteiger partial charge in [-0.3, -0.25) is 48.9 Å². The monoisotopic (exact) mass is 1400 g/mol. The molecule has 15 rings (SSSR count). The second-order valence-corrected chi connectivity index (χ2v) is 29.8. The predicted molar refractivity (Wildman–Crippen MR) is 408 cm³/mol. The summed E-state index contributed by atoms with van der Waals surface area (Å²) >= 11 is 0. The highest BCUT2D eigenvalue weighted by Crippen LogP contribution is 2.34. The molecule has 0 unspecified atom stereocenters. The summed E-state index contributed by atoms with van der Waals surface area (Å²) in [6.45, 7) is 21.8. The van der Waals surface area contributed by atoms with E-state index in [1.54, 1.807) is 65.6 Å². The third kappa shape index (κ3) is 19.1. The number of anilines is 2. The molecule has 22 nitrogen and oxygen atoms in total. The van der Waals surface area contributed by atoms with Crippen molar-refractivity contribution >= 4 is 96.0 Å². The molecule has 0 bridgehead atoms. The number of carbonyl (C=O) groups excluding carboxylic acids is 5. The van der Waals surface area contributed by atoms with Crippen LogP contribution in [0.5, 0.6) is 0 Å². The van der Waals surface area contributed by atoms with Crippen molar-refractivity contribution in [3.05, 3.63) is 107 Å². The van der Waals surface area contributed by atoms with Gasteiger partial charge < -0.3 is 33.5 Å². The summed E-state index contributed by atoms with van der Waals surface area (Å²) < 4.78 is 11.2. The van der Waals surface area contributed by atoms with Crippen molar-refractivity contribution in [2.45, 2.75) is 256 Å². The van der Waals surface area contributed by atoms with Crippen molar-refractivity contribution in [3.8, 4) is 0 Å². The summed E-state index contributed by atoms with van der Waals surface area (Å²) in [7, 11) is 1.89. The van der Waals surface area contributed by atoms with Gasteiger partial charge in [0.05, 0.1) is 58.6 Å². The fraction of sp³-hybridized carbons (Fsp3) is 0.568. The fourth-order valence-electron chi connectivity index (χ4n) is 16.2. The van der Waals surface area contributed by atoms with Gasteiger partial charge in [-0.2, -0.15) is 0 Å². The van der Waals surface area contributed by atoms with E-state index in [4.69, 9.17) is 0 Å². The first-order valence-corrected chi connectivity index (χ1v) is 38.5. The van der Waals surface area contributed by atoms with Gasteiger partial charge in [0.2, 0.25) is 11.9 Å². The molecule has 5 fully saturated rings. The molecular weight excluding hydrogens is 1290 g/mol. The Balaban J connectivity index is 0.000000129. The zero-order valence-corrected chi connectivity index (χ0v) is 62.8. The Labute approximate surface area is 606 Å². The molecule has 0 aromatic carbocycles. The molecule has 0 saturated heterocycles. The van der Waals surface area contributed by atoms with Crippen molar-refractivity contribution in [1.82, 2.24) is 72.7 Å². The topological polar surface area (TPSA) is 263 Å². The number of imidazole rings is 5. The van der Waals surface area contributed by atoms with Crippen LogP contribution in [-0.2, 0) is 32.7 Å². The number of rotatable bonds is 18. The summed E-state index contributed by atoms with van der Waals surface area (Å²) in [6.07, 6.45) is 41.8. The number of Topliss-reactive ketones (excluding diaryl/α,β-unsaturated/α-hetero) is 5. The van der Waals surface area contributed by atoms with E-state index in [2.05, 4.69) is 90.2 Å². The average molecular weight is 1400 g/mol. The molecule has 5 saturated carbocycles. The molecule has 2 N–H and O–H groups in total. The lowest BCUT2D eigenvalue weighted by Crippen LogP contribution is -2.16. The Morgan fingerprint density at radius 2 is 0.544 bits per heavy atom. The van der Waals surface area contributed by atoms with Gasteiger partial charge in [0.15, 0.2) is 28.9 Å². The van der Waals surface area contributed by atoms with Crippen molar-refractivity contribution in [2.24, 2.45) is 29.6 Å². The van der Waals surface area contributed by atoms with Gasteiger partial charge in [-0.25, -0.2) is 24.9 Å². The highest BCUT2D eigenvalue weighted by Gasteiger charge is 2.25. The molecule has 22 heteroatoms. The maximum atomic E-state index is 11.6. The molecule has 10 aromatic heterocycles. The quantitative estimate of drug-likeness (QED) is 0.0756. The second kappa shape index (κ2) is 35.5. The number of ketones is 5. The van der Waals surface area contributed by atoms with E-state index in [1.807, 2.05) is 58.2 Å². The number of hydrogen-bond donors (Lipinski definition) is 2. The smallest absolute Gasteiger partial charge is 0.203 e. The Morgan fingerprint density at radius 1 is 0.330 bits per heavy atom. The van der Waals surface area contributed by atoms with Crippen LogP contribution in [0.3, 0.4) is 0 Å². The number of nitrogens with one attached hydrogen (secondary N) is 2. The number of carbonyl (C=O) groups is 5. The van der Waals surface area contributed by atoms with E-state index >= 15 is 0 Å². The van der Waals surface area contributed by atoms with E-state index in [0.717, 1.165) is 142 Å². The van der Waals surface area contributed by atoms with Gasteiger partial charge in [-0.05, 0) is 152 Å². The average Bonchev–Trinajstić information content (AvgIpc) is 1.69. The van der Waals surface area contributed by atoms with Gasteiger partial charge in [0, 0.05) is 80.9 Å². The van der Waals surface area contributed by atoms with Gasteiger partial charge in [0.25, 0.3) is 0 Å². The molecule has 0 spiro atoms. The predicted octanol–water partition coefficient (Wildman–Crippen LogP) is 17.5. The standard InChI is InChI=1S/C17H24N4O.C16H22N4O.3C16H21N3O/c1-3-18-17-20-15-10-19-14(12(2)22)9-16(15)21(17)11-13-7-5-4-6-8-13;1-11(21)13-8-15-14(9-18-13)19-16(17-2)20(15)10-12-6-4-3-5-7-12;3*1-11(20)14-8-16-15(9-17-14)18-12(2)19(16)10-13-6-4-3-5-7-13/h9-10,13H,3-8,11H2,1-2H3,(H,18,20);8-9,12H,3-7,10H2,1-2H3,(H,17,19);3*8-9,13H,3-7,10H2,1-2H3. The number of hydrogen-bond acceptors (Lipinski definition) is 17. The van der Waals surface area contributed by atoms with E-state index < -0.39 is 0 Å². The number of pyridine rings is 5. The maximum absolute atomic E-state index is 11.6. The van der Waals surface area contributed by atoms with Gasteiger partial charge in [-0.15, -0.1) is 0 Å². The van der Waals surface area contributed by atoms with Crippen molar-refractivity contribution in [2.75, 3.05) is 24.2 Å². The van der Waals surface area contributed by atoms with Crippen LogP contribution in [0.4, 0.5) is 11.9 Å². The lowest BCUT2D eigenvalue weighted by molar-refractivity contribution is 0.100. The molecule has 0 aliphatic heterocycles. The van der Waals surface area contributed by atoms with Crippen LogP contribution in [-0.4, -0.2) is 115 Å². The first-order chi connectivity index (χ1) is 49.8. The number of aryl methyl sites for hydroxylation is 3. The molecule has 103 heavy (non-hydrogen) atoms. The Morgan fingerprint density at radius 3 is 0.777 bits per heavy atom. The van der Waals surface area contributed by atoms with Crippen LogP contribution in [0.15, 0.2) is 61.3 Å². The van der Waals surface area contributed by atoms with Crippen molar-refractivity contribution in [1.29, 1.82) is 0 Å². The third-order valence-electron chi connectivity index (χ3n) is 21.9. The SMILES string of the molecule is CC(=O)c1cc2c(cn1)nc(C)n2CC1CCCCC1.CC(=O)c1cc2c(cn1)nc(C)n2CC1CCCCC1.CC(=O)c1cc2c(cn1)nc(C)n2CC1CCCCC1.CCNc1nc2cnc(C(C)=O)cc2n1CC1CCCCC1.CNc1nc2cnc(C(C)=O)cc2n1CC1CCCCC1. The van der Waals surface area contributed by atoms with E-state index in [1.165, 1.54) is 161 Å². The molecular formula is C81H109N17O5. The Bertz CT molecular complexity index is 4310. The largest absolute Gasteiger partial charge is 0.359 e. The van der Waals surface area contributed by atoms with Gasteiger partial charge in [0.1, 0.15) is 73.5 Å². The zero-order valence-electron chi connectivity index (χ0n) is 62.8. The first kappa shape index (κ1) is 75.2. The normalized spacial score (nSPS) is 16.5. The maximum Gasteiger partial charge on any atom is 0.203 e. The summed E-state index contributed by atoms with van der Waals surface area (Å²) in [6, 6.07) is 9.42. The van der Waals surface area contributed by atoms with Crippen LogP contribution >= 0.6 is 0 Å². The van der Waals surface area contributed by atoms with Crippen LogP contribution in [0.2, 0.25) is 0 Å². The number of aromatic nitrogens is 15. The van der Waals surface area contributed by atoms with Crippen LogP contribution in [0.1, 0.15) is 272 Å². The number of nitrogens with zero attached hydrogens (tertiary/aromatic N) is 15. The first-order valence-electron chi connectivity index (χ1n) is 38.5. The van der Waals surface area contributed by atoms with Crippen molar-refractivity contribution in [3.63, 3.8) is 0 Å². The highest BCUT2D eigenvalue weighted by atomic mass is 16.1. The minimum Gasteiger partial charge on any atom is -0.359 e. The summed E-state index contributed by atoms with van der Waals surface area (Å²) in [5, 5.41) is 6.51. The van der Waals surface area contributed by atoms with Crippen LogP contribution in [0, 0.1) is 50.4 Å². The van der Waals surface area contributed by atoms with Crippen LogP contribution < -0.4 is 10.6 Å². The van der Waals surface area contributed by atoms with Crippen molar-refractivity contribution < 1.29 is 24.0 Å². The molecule has 548 valence electrons. The molecule has 5 aliphatic rings. The zero-order chi connectivity index (χ0) is 72.7. The minimum atomic E-state index is -0.00618. The Hall–Kier alpha value is -8.95. The lowest BCUT2D eigenvalue weighted by Gasteiger charge is -2.23. The fourth-order valence-corrected chi connectivity index (χ4v) is 16.2. The highest BCUT2D eigenvalue weighted by molar-refractivity contribution is 5.98. The van der Waals surface area contributed by atoms with Gasteiger partial charge >= 0.3 is 0 Å². The Kier molecular flexibility index (Phi) is 25.9.